The van der Waals surface area contributed by atoms with Gasteiger partial charge in [0.1, 0.15) is 11.6 Å². The van der Waals surface area contributed by atoms with E-state index in [1.807, 2.05) is 18.2 Å². The van der Waals surface area contributed by atoms with Crippen molar-refractivity contribution in [2.24, 2.45) is 0 Å². The van der Waals surface area contributed by atoms with Crippen LogP contribution in [0.1, 0.15) is 42.3 Å². The van der Waals surface area contributed by atoms with E-state index in [0.717, 1.165) is 48.2 Å². The highest BCUT2D eigenvalue weighted by molar-refractivity contribution is 5.84. The van der Waals surface area contributed by atoms with Gasteiger partial charge in [-0.2, -0.15) is 0 Å². The van der Waals surface area contributed by atoms with E-state index >= 15 is 4.39 Å². The Labute approximate surface area is 197 Å². The van der Waals surface area contributed by atoms with Gasteiger partial charge in [0.15, 0.2) is 17.4 Å². The molecule has 0 unspecified atom stereocenters. The quantitative estimate of drug-likeness (QED) is 0.242. The van der Waals surface area contributed by atoms with Crippen LogP contribution in [0.15, 0.2) is 60.9 Å². The Morgan fingerprint density at radius 1 is 0.765 bits per heavy atom. The molecular weight excluding hydrogens is 437 g/mol. The monoisotopic (exact) mass is 464 g/mol. The van der Waals surface area contributed by atoms with Gasteiger partial charge in [0, 0.05) is 11.8 Å². The van der Waals surface area contributed by atoms with E-state index in [0.29, 0.717) is 48.1 Å². The van der Waals surface area contributed by atoms with E-state index in [4.69, 9.17) is 4.74 Å². The summed E-state index contributed by atoms with van der Waals surface area (Å²) >= 11 is 0. The molecule has 0 radical (unpaired) electrons. The highest BCUT2D eigenvalue weighted by Gasteiger charge is 2.10. The third-order valence-electron chi connectivity index (χ3n) is 5.85. The van der Waals surface area contributed by atoms with Gasteiger partial charge in [-0.25, -0.2) is 23.1 Å². The molecule has 4 rings (SSSR count). The lowest BCUT2D eigenvalue weighted by atomic mass is 9.98. The average Bonchev–Trinajstić information content (AvgIpc) is 2.85. The second-order valence-corrected chi connectivity index (χ2v) is 8.38. The van der Waals surface area contributed by atoms with E-state index in [-0.39, 0.29) is 5.82 Å². The largest absolute Gasteiger partial charge is 0.490 e. The molecule has 4 aromatic rings. The fourth-order valence-corrected chi connectivity index (χ4v) is 3.85. The zero-order valence-corrected chi connectivity index (χ0v) is 19.2. The van der Waals surface area contributed by atoms with Crippen LogP contribution >= 0.6 is 0 Å². The lowest BCUT2D eigenvalue weighted by Gasteiger charge is -2.09. The minimum absolute atomic E-state index is 0.270. The Morgan fingerprint density at radius 3 is 2.26 bits per heavy atom. The Kier molecular flexibility index (Phi) is 7.78. The molecule has 176 valence electrons. The molecule has 0 N–H and O–H groups in total. The van der Waals surface area contributed by atoms with Gasteiger partial charge < -0.3 is 4.74 Å². The third kappa shape index (κ3) is 5.93. The highest BCUT2D eigenvalue weighted by atomic mass is 19.2. The van der Waals surface area contributed by atoms with Crippen LogP contribution in [0.4, 0.5) is 13.2 Å². The van der Waals surface area contributed by atoms with E-state index in [1.165, 1.54) is 6.07 Å². The first kappa shape index (κ1) is 23.7. The van der Waals surface area contributed by atoms with Crippen molar-refractivity contribution >= 4 is 10.8 Å². The molecule has 6 heteroatoms. The van der Waals surface area contributed by atoms with Crippen LogP contribution in [0.3, 0.4) is 0 Å². The SMILES string of the molecule is CCCCOc1cnc(CCc2ccc3c(F)c(CCc4ccc(F)c(F)c4)ccc3c2)nc1. The summed E-state index contributed by atoms with van der Waals surface area (Å²) in [5, 5.41) is 1.38. The Hall–Kier alpha value is -3.41. The van der Waals surface area contributed by atoms with Crippen LogP contribution in [-0.4, -0.2) is 16.6 Å². The van der Waals surface area contributed by atoms with E-state index < -0.39 is 11.6 Å². The standard InChI is InChI=1S/C28H27F3N2O/c1-2-3-14-34-23-17-32-27(33-18-23)13-7-19-5-11-24-22(15-19)10-9-21(28(24)31)8-4-20-6-12-25(29)26(30)16-20/h5-6,9-12,15-18H,2-4,7-8,13-14H2,1H3. The molecular formula is C28H27F3N2O. The molecule has 0 aliphatic heterocycles. The number of nitrogens with zero attached hydrogens (tertiary/aromatic N) is 2. The molecule has 0 saturated heterocycles. The maximum atomic E-state index is 15.1. The maximum absolute atomic E-state index is 15.1. The minimum Gasteiger partial charge on any atom is -0.490 e. The summed E-state index contributed by atoms with van der Waals surface area (Å²) in [7, 11) is 0. The number of ether oxygens (including phenoxy) is 1. The zero-order valence-electron chi connectivity index (χ0n) is 19.2. The van der Waals surface area contributed by atoms with Crippen molar-refractivity contribution in [2.45, 2.75) is 45.4 Å². The van der Waals surface area contributed by atoms with Crippen molar-refractivity contribution in [1.29, 1.82) is 0 Å². The summed E-state index contributed by atoms with van der Waals surface area (Å²) in [6.07, 6.45) is 7.74. The first-order valence-electron chi connectivity index (χ1n) is 11.6. The topological polar surface area (TPSA) is 35.0 Å². The van der Waals surface area contributed by atoms with E-state index in [1.54, 1.807) is 24.5 Å². The van der Waals surface area contributed by atoms with Crippen LogP contribution in [0.25, 0.3) is 10.8 Å². The average molecular weight is 465 g/mol. The van der Waals surface area contributed by atoms with Crippen molar-refractivity contribution in [1.82, 2.24) is 9.97 Å². The van der Waals surface area contributed by atoms with Gasteiger partial charge in [0.05, 0.1) is 19.0 Å². The zero-order chi connectivity index (χ0) is 23.9. The fraction of sp³-hybridized carbons (Fsp3) is 0.286. The van der Waals surface area contributed by atoms with E-state index in [9.17, 15) is 8.78 Å². The van der Waals surface area contributed by atoms with Crippen molar-refractivity contribution in [3.05, 3.63) is 101 Å². The van der Waals surface area contributed by atoms with Crippen molar-refractivity contribution in [3.63, 3.8) is 0 Å². The van der Waals surface area contributed by atoms with E-state index in [2.05, 4.69) is 16.9 Å². The Balaban J connectivity index is 1.38. The molecule has 1 aromatic heterocycles. The highest BCUT2D eigenvalue weighted by Crippen LogP contribution is 2.24. The number of hydrogen-bond donors (Lipinski definition) is 0. The Morgan fingerprint density at radius 2 is 1.50 bits per heavy atom. The predicted octanol–water partition coefficient (Wildman–Crippen LogP) is 6.80. The number of fused-ring (bicyclic) bond motifs is 1. The molecule has 3 aromatic carbocycles. The Bertz CT molecular complexity index is 1260. The number of rotatable bonds is 10. The van der Waals surface area contributed by atoms with Gasteiger partial charge in [0.25, 0.3) is 0 Å². The van der Waals surface area contributed by atoms with Crippen molar-refractivity contribution < 1.29 is 17.9 Å². The maximum Gasteiger partial charge on any atom is 0.159 e. The molecule has 0 atom stereocenters. The van der Waals surface area contributed by atoms with Crippen molar-refractivity contribution in [3.8, 4) is 5.75 Å². The molecule has 0 bridgehead atoms. The second-order valence-electron chi connectivity index (χ2n) is 8.38. The lowest BCUT2D eigenvalue weighted by Crippen LogP contribution is -2.01. The molecule has 0 aliphatic carbocycles. The number of aromatic nitrogens is 2. The van der Waals surface area contributed by atoms with Gasteiger partial charge in [0.2, 0.25) is 0 Å². The number of aryl methyl sites for hydroxylation is 4. The fourth-order valence-electron chi connectivity index (χ4n) is 3.85. The first-order chi connectivity index (χ1) is 16.5. The predicted molar refractivity (Wildman–Crippen MR) is 128 cm³/mol. The third-order valence-corrected chi connectivity index (χ3v) is 5.85. The molecule has 1 heterocycles. The summed E-state index contributed by atoms with van der Waals surface area (Å²) in [5.41, 5.74) is 2.27. The van der Waals surface area contributed by atoms with Crippen LogP contribution in [0.5, 0.6) is 5.75 Å². The molecule has 0 saturated carbocycles. The summed E-state index contributed by atoms with van der Waals surface area (Å²) in [5.74, 6) is -0.615. The van der Waals surface area contributed by atoms with Crippen LogP contribution in [-0.2, 0) is 25.7 Å². The minimum atomic E-state index is -0.884. The molecule has 0 amide bonds. The van der Waals surface area contributed by atoms with Gasteiger partial charge in [-0.15, -0.1) is 0 Å². The van der Waals surface area contributed by atoms with Crippen LogP contribution < -0.4 is 4.74 Å². The van der Waals surface area contributed by atoms with Gasteiger partial charge in [-0.05, 0) is 59.9 Å². The number of halogens is 3. The second kappa shape index (κ2) is 11.1. The molecule has 34 heavy (non-hydrogen) atoms. The van der Waals surface area contributed by atoms with Gasteiger partial charge >= 0.3 is 0 Å². The number of hydrogen-bond acceptors (Lipinski definition) is 3. The summed E-state index contributed by atoms with van der Waals surface area (Å²) in [4.78, 5) is 8.75. The van der Waals surface area contributed by atoms with Crippen LogP contribution in [0, 0.1) is 17.5 Å². The molecule has 0 aliphatic rings. The molecule has 0 fully saturated rings. The summed E-state index contributed by atoms with van der Waals surface area (Å²) in [6, 6.07) is 13.2. The summed E-state index contributed by atoms with van der Waals surface area (Å²) < 4.78 is 47.2. The van der Waals surface area contributed by atoms with Crippen molar-refractivity contribution in [2.75, 3.05) is 6.61 Å². The van der Waals surface area contributed by atoms with Gasteiger partial charge in [-0.3, -0.25) is 0 Å². The molecule has 3 nitrogen and oxygen atoms in total. The van der Waals surface area contributed by atoms with Gasteiger partial charge in [-0.1, -0.05) is 49.7 Å². The number of benzene rings is 3. The normalized spacial score (nSPS) is 11.2. The lowest BCUT2D eigenvalue weighted by molar-refractivity contribution is 0.306. The summed E-state index contributed by atoms with van der Waals surface area (Å²) in [6.45, 7) is 2.78. The smallest absolute Gasteiger partial charge is 0.159 e. The van der Waals surface area contributed by atoms with Crippen LogP contribution in [0.2, 0.25) is 0 Å². The molecule has 0 spiro atoms. The number of unbranched alkanes of at least 4 members (excludes halogenated alkanes) is 1. The first-order valence-corrected chi connectivity index (χ1v) is 11.6.